The van der Waals surface area contributed by atoms with Crippen molar-refractivity contribution in [2.45, 2.75) is 70.4 Å². The van der Waals surface area contributed by atoms with Gasteiger partial charge in [-0.2, -0.15) is 5.26 Å². The van der Waals surface area contributed by atoms with Crippen LogP contribution in [0.2, 0.25) is 0 Å². The van der Waals surface area contributed by atoms with E-state index in [9.17, 15) is 10.1 Å². The molecule has 0 aromatic carbocycles. The molecule has 1 amide bonds. The minimum atomic E-state index is -0.672. The first kappa shape index (κ1) is 15.0. The van der Waals surface area contributed by atoms with Crippen LogP contribution in [0.5, 0.6) is 0 Å². The molecule has 0 aliphatic heterocycles. The molecule has 0 heterocycles. The average molecular weight is 252 g/mol. The van der Waals surface area contributed by atoms with E-state index in [1.165, 1.54) is 0 Å². The predicted octanol–water partition coefficient (Wildman–Crippen LogP) is 2.53. The average Bonchev–Trinajstić information content (AvgIpc) is 2.52. The second kappa shape index (κ2) is 6.19. The molecule has 1 rings (SSSR count). The molecule has 4 nitrogen and oxygen atoms in total. The summed E-state index contributed by atoms with van der Waals surface area (Å²) in [7, 11) is 0. The van der Waals surface area contributed by atoms with Gasteiger partial charge in [0.25, 0.3) is 0 Å². The Balaban J connectivity index is 2.52. The van der Waals surface area contributed by atoms with E-state index in [0.717, 1.165) is 38.5 Å². The van der Waals surface area contributed by atoms with Crippen molar-refractivity contribution in [3.8, 4) is 6.07 Å². The van der Waals surface area contributed by atoms with Crippen LogP contribution in [-0.2, 0) is 9.53 Å². The van der Waals surface area contributed by atoms with Crippen LogP contribution in [0.25, 0.3) is 0 Å². The van der Waals surface area contributed by atoms with Gasteiger partial charge in [0.1, 0.15) is 12.1 Å². The van der Waals surface area contributed by atoms with Crippen LogP contribution < -0.4 is 5.32 Å². The number of carbonyl (C=O) groups excluding carboxylic acids is 1. The molecule has 0 aromatic rings. The fourth-order valence-corrected chi connectivity index (χ4v) is 2.18. The van der Waals surface area contributed by atoms with Crippen LogP contribution in [0.15, 0.2) is 0 Å². The summed E-state index contributed by atoms with van der Waals surface area (Å²) in [4.78, 5) is 11.8. The van der Waals surface area contributed by atoms with Crippen LogP contribution in [0, 0.1) is 11.3 Å². The van der Waals surface area contributed by atoms with Crippen molar-refractivity contribution in [2.24, 2.45) is 0 Å². The lowest BCUT2D eigenvalue weighted by molar-refractivity contribution is -0.132. The van der Waals surface area contributed by atoms with Crippen LogP contribution in [0.1, 0.15) is 59.3 Å². The van der Waals surface area contributed by atoms with Gasteiger partial charge in [-0.05, 0) is 33.6 Å². The molecule has 0 radical (unpaired) electrons. The van der Waals surface area contributed by atoms with Crippen molar-refractivity contribution in [1.82, 2.24) is 5.32 Å². The van der Waals surface area contributed by atoms with Crippen molar-refractivity contribution in [3.63, 3.8) is 0 Å². The maximum Gasteiger partial charge on any atom is 0.247 e. The maximum atomic E-state index is 11.8. The maximum absolute atomic E-state index is 11.8. The molecule has 1 saturated carbocycles. The summed E-state index contributed by atoms with van der Waals surface area (Å²) >= 11 is 0. The van der Waals surface area contributed by atoms with E-state index < -0.39 is 5.54 Å². The van der Waals surface area contributed by atoms with Gasteiger partial charge in [0.05, 0.1) is 11.7 Å². The molecular formula is C14H24N2O2. The minimum absolute atomic E-state index is 0.0208. The molecular weight excluding hydrogens is 228 g/mol. The lowest BCUT2D eigenvalue weighted by Crippen LogP contribution is -2.48. The summed E-state index contributed by atoms with van der Waals surface area (Å²) in [6.07, 6.45) is 5.83. The number of hydrogen-bond acceptors (Lipinski definition) is 3. The summed E-state index contributed by atoms with van der Waals surface area (Å²) in [6.45, 7) is 5.75. The molecule has 0 atom stereocenters. The summed E-state index contributed by atoms with van der Waals surface area (Å²) in [5.41, 5.74) is -1.00. The van der Waals surface area contributed by atoms with Gasteiger partial charge < -0.3 is 10.1 Å². The Morgan fingerprint density at radius 3 is 2.28 bits per heavy atom. The highest BCUT2D eigenvalue weighted by Gasteiger charge is 2.32. The monoisotopic (exact) mass is 252 g/mol. The van der Waals surface area contributed by atoms with Gasteiger partial charge in [-0.1, -0.05) is 25.7 Å². The minimum Gasteiger partial charge on any atom is -0.366 e. The molecule has 0 bridgehead atoms. The number of hydrogen-bond donors (Lipinski definition) is 1. The van der Waals surface area contributed by atoms with Crippen LogP contribution in [-0.4, -0.2) is 23.7 Å². The molecule has 1 aliphatic rings. The number of nitrogens with zero attached hydrogens (tertiary/aromatic N) is 1. The van der Waals surface area contributed by atoms with Crippen LogP contribution in [0.4, 0.5) is 0 Å². The Morgan fingerprint density at radius 2 is 1.83 bits per heavy atom. The fourth-order valence-electron chi connectivity index (χ4n) is 2.18. The number of nitriles is 1. The molecule has 0 spiro atoms. The van der Waals surface area contributed by atoms with Crippen molar-refractivity contribution in [3.05, 3.63) is 0 Å². The standard InChI is InChI=1S/C14H24N2O2/c1-13(2,3)18-10-12(17)16-14(11-15)8-6-4-5-7-9-14/h4-10H2,1-3H3,(H,16,17). The van der Waals surface area contributed by atoms with Gasteiger partial charge in [0.2, 0.25) is 5.91 Å². The Hall–Kier alpha value is -1.08. The number of amides is 1. The summed E-state index contributed by atoms with van der Waals surface area (Å²) in [5.74, 6) is -0.187. The Kier molecular flexibility index (Phi) is 5.15. The van der Waals surface area contributed by atoms with Gasteiger partial charge >= 0.3 is 0 Å². The highest BCUT2D eigenvalue weighted by molar-refractivity contribution is 5.78. The van der Waals surface area contributed by atoms with Gasteiger partial charge in [-0.15, -0.1) is 0 Å². The highest BCUT2D eigenvalue weighted by atomic mass is 16.5. The molecule has 1 aliphatic carbocycles. The number of ether oxygens (including phenoxy) is 1. The number of nitrogens with one attached hydrogen (secondary N) is 1. The summed E-state index contributed by atoms with van der Waals surface area (Å²) in [6, 6.07) is 2.30. The summed E-state index contributed by atoms with van der Waals surface area (Å²) in [5, 5.41) is 12.2. The molecule has 4 heteroatoms. The summed E-state index contributed by atoms with van der Waals surface area (Å²) < 4.78 is 5.43. The van der Waals surface area contributed by atoms with E-state index in [4.69, 9.17) is 4.74 Å². The van der Waals surface area contributed by atoms with Crippen LogP contribution in [0.3, 0.4) is 0 Å². The van der Waals surface area contributed by atoms with E-state index in [0.29, 0.717) is 0 Å². The largest absolute Gasteiger partial charge is 0.366 e. The Bertz CT molecular complexity index is 318. The SMILES string of the molecule is CC(C)(C)OCC(=O)NC1(C#N)CCCCCC1. The van der Waals surface area contributed by atoms with Gasteiger partial charge in [0, 0.05) is 0 Å². The zero-order chi connectivity index (χ0) is 13.6. The molecule has 0 aromatic heterocycles. The fraction of sp³-hybridized carbons (Fsp3) is 0.857. The lowest BCUT2D eigenvalue weighted by atomic mass is 9.92. The molecule has 0 saturated heterocycles. The zero-order valence-electron chi connectivity index (χ0n) is 11.7. The molecule has 1 N–H and O–H groups in total. The van der Waals surface area contributed by atoms with Crippen molar-refractivity contribution in [2.75, 3.05) is 6.61 Å². The van der Waals surface area contributed by atoms with E-state index >= 15 is 0 Å². The zero-order valence-corrected chi connectivity index (χ0v) is 11.7. The molecule has 0 unspecified atom stereocenters. The third-order valence-electron chi connectivity index (χ3n) is 3.19. The third kappa shape index (κ3) is 5.05. The van der Waals surface area contributed by atoms with E-state index in [1.807, 2.05) is 20.8 Å². The first-order valence-corrected chi connectivity index (χ1v) is 6.73. The normalized spacial score (nSPS) is 19.7. The Morgan fingerprint density at radius 1 is 1.28 bits per heavy atom. The lowest BCUT2D eigenvalue weighted by Gasteiger charge is -2.27. The van der Waals surface area contributed by atoms with Crippen molar-refractivity contribution >= 4 is 5.91 Å². The first-order chi connectivity index (χ1) is 8.37. The van der Waals surface area contributed by atoms with E-state index in [2.05, 4.69) is 11.4 Å². The number of rotatable bonds is 3. The predicted molar refractivity (Wildman–Crippen MR) is 69.9 cm³/mol. The number of carbonyl (C=O) groups is 1. The van der Waals surface area contributed by atoms with E-state index in [-0.39, 0.29) is 18.1 Å². The molecule has 18 heavy (non-hydrogen) atoms. The quantitative estimate of drug-likeness (QED) is 0.785. The van der Waals surface area contributed by atoms with Crippen LogP contribution >= 0.6 is 0 Å². The first-order valence-electron chi connectivity index (χ1n) is 6.73. The van der Waals surface area contributed by atoms with Gasteiger partial charge in [-0.25, -0.2) is 0 Å². The van der Waals surface area contributed by atoms with Crippen molar-refractivity contribution < 1.29 is 9.53 Å². The molecule has 102 valence electrons. The van der Waals surface area contributed by atoms with Gasteiger partial charge in [-0.3, -0.25) is 4.79 Å². The third-order valence-corrected chi connectivity index (χ3v) is 3.19. The van der Waals surface area contributed by atoms with Gasteiger partial charge in [0.15, 0.2) is 0 Å². The van der Waals surface area contributed by atoms with E-state index in [1.54, 1.807) is 0 Å². The topological polar surface area (TPSA) is 62.1 Å². The second-order valence-corrected chi connectivity index (χ2v) is 6.06. The smallest absolute Gasteiger partial charge is 0.247 e. The second-order valence-electron chi connectivity index (χ2n) is 6.06. The Labute approximate surface area is 110 Å². The highest BCUT2D eigenvalue weighted by Crippen LogP contribution is 2.26. The van der Waals surface area contributed by atoms with Crippen molar-refractivity contribution in [1.29, 1.82) is 5.26 Å². The molecule has 1 fully saturated rings.